The molecule has 0 unspecified atom stereocenters. The molecule has 0 spiro atoms. The van der Waals surface area contributed by atoms with E-state index in [-0.39, 0.29) is 5.69 Å². The SMILES string of the molecule is O=c1[nH]nc(SCc2nnsc2Cl)n1C1CC1. The Morgan fingerprint density at radius 2 is 2.41 bits per heavy atom. The van der Waals surface area contributed by atoms with Gasteiger partial charge in [0, 0.05) is 23.3 Å². The van der Waals surface area contributed by atoms with Crippen LogP contribution in [0.1, 0.15) is 24.6 Å². The minimum absolute atomic E-state index is 0.141. The second kappa shape index (κ2) is 4.43. The normalized spacial score (nSPS) is 15.4. The molecule has 0 aliphatic heterocycles. The summed E-state index contributed by atoms with van der Waals surface area (Å²) in [5.74, 6) is 0.576. The highest BCUT2D eigenvalue weighted by atomic mass is 35.5. The number of hydrogen-bond donors (Lipinski definition) is 1. The first kappa shape index (κ1) is 11.2. The fraction of sp³-hybridized carbons (Fsp3) is 0.500. The van der Waals surface area contributed by atoms with E-state index in [1.54, 1.807) is 4.57 Å². The maximum absolute atomic E-state index is 11.5. The molecule has 2 aromatic heterocycles. The summed E-state index contributed by atoms with van der Waals surface area (Å²) in [7, 11) is 0. The van der Waals surface area contributed by atoms with Crippen molar-refractivity contribution in [3.8, 4) is 0 Å². The van der Waals surface area contributed by atoms with E-state index in [1.807, 2.05) is 0 Å². The van der Waals surface area contributed by atoms with Gasteiger partial charge in [0.25, 0.3) is 0 Å². The average molecular weight is 290 g/mol. The Kier molecular flexibility index (Phi) is 2.93. The van der Waals surface area contributed by atoms with Crippen LogP contribution < -0.4 is 5.69 Å². The van der Waals surface area contributed by atoms with Crippen LogP contribution in [0, 0.1) is 0 Å². The number of H-pyrrole nitrogens is 1. The molecule has 0 bridgehead atoms. The van der Waals surface area contributed by atoms with Crippen molar-refractivity contribution >= 4 is 34.9 Å². The van der Waals surface area contributed by atoms with Gasteiger partial charge in [0.15, 0.2) is 5.16 Å². The monoisotopic (exact) mass is 289 g/mol. The van der Waals surface area contributed by atoms with Crippen LogP contribution in [0.25, 0.3) is 0 Å². The number of aromatic nitrogens is 5. The molecule has 0 aromatic carbocycles. The van der Waals surface area contributed by atoms with Gasteiger partial charge in [-0.2, -0.15) is 0 Å². The van der Waals surface area contributed by atoms with Crippen molar-refractivity contribution in [2.45, 2.75) is 29.8 Å². The van der Waals surface area contributed by atoms with E-state index < -0.39 is 0 Å². The minimum atomic E-state index is -0.141. The molecule has 6 nitrogen and oxygen atoms in total. The van der Waals surface area contributed by atoms with E-state index in [2.05, 4.69) is 19.8 Å². The lowest BCUT2D eigenvalue weighted by molar-refractivity contribution is 0.642. The third-order valence-electron chi connectivity index (χ3n) is 2.43. The Bertz CT molecular complexity index is 587. The van der Waals surface area contributed by atoms with Gasteiger partial charge in [-0.25, -0.2) is 9.89 Å². The van der Waals surface area contributed by atoms with Gasteiger partial charge in [-0.15, -0.1) is 10.2 Å². The molecule has 2 heterocycles. The zero-order valence-electron chi connectivity index (χ0n) is 8.59. The van der Waals surface area contributed by atoms with E-state index in [1.165, 1.54) is 11.8 Å². The van der Waals surface area contributed by atoms with Crippen LogP contribution >= 0.6 is 34.9 Å². The second-order valence-electron chi connectivity index (χ2n) is 3.69. The molecule has 1 aliphatic carbocycles. The first-order valence-electron chi connectivity index (χ1n) is 5.02. The van der Waals surface area contributed by atoms with Crippen molar-refractivity contribution in [2.24, 2.45) is 0 Å². The fourth-order valence-electron chi connectivity index (χ4n) is 1.46. The number of nitrogens with zero attached hydrogens (tertiary/aromatic N) is 4. The molecule has 17 heavy (non-hydrogen) atoms. The Morgan fingerprint density at radius 1 is 1.59 bits per heavy atom. The Hall–Kier alpha value is -0.860. The zero-order chi connectivity index (χ0) is 11.8. The van der Waals surface area contributed by atoms with Crippen molar-refractivity contribution in [3.05, 3.63) is 20.5 Å². The van der Waals surface area contributed by atoms with Gasteiger partial charge in [0.2, 0.25) is 0 Å². The highest BCUT2D eigenvalue weighted by molar-refractivity contribution is 7.98. The summed E-state index contributed by atoms with van der Waals surface area (Å²) in [6, 6.07) is 0.313. The van der Waals surface area contributed by atoms with E-state index >= 15 is 0 Å². The fourth-order valence-corrected chi connectivity index (χ4v) is 3.21. The third kappa shape index (κ3) is 2.24. The summed E-state index contributed by atoms with van der Waals surface area (Å²) < 4.78 is 6.06. The molecule has 1 aliphatic rings. The topological polar surface area (TPSA) is 76.5 Å². The highest BCUT2D eigenvalue weighted by Crippen LogP contribution is 2.36. The first-order chi connectivity index (χ1) is 8.25. The third-order valence-corrected chi connectivity index (χ3v) is 4.38. The Balaban J connectivity index is 1.77. The van der Waals surface area contributed by atoms with Gasteiger partial charge in [-0.1, -0.05) is 27.9 Å². The van der Waals surface area contributed by atoms with Gasteiger partial charge in [-0.05, 0) is 12.8 Å². The highest BCUT2D eigenvalue weighted by Gasteiger charge is 2.28. The summed E-state index contributed by atoms with van der Waals surface area (Å²) in [6.45, 7) is 0. The lowest BCUT2D eigenvalue weighted by Crippen LogP contribution is -2.16. The van der Waals surface area contributed by atoms with E-state index in [0.717, 1.165) is 30.1 Å². The minimum Gasteiger partial charge on any atom is -0.267 e. The number of rotatable bonds is 4. The van der Waals surface area contributed by atoms with Gasteiger partial charge >= 0.3 is 5.69 Å². The second-order valence-corrected chi connectivity index (χ2v) is 5.99. The molecule has 0 saturated heterocycles. The summed E-state index contributed by atoms with van der Waals surface area (Å²) in [6.07, 6.45) is 2.10. The smallest absolute Gasteiger partial charge is 0.267 e. The summed E-state index contributed by atoms with van der Waals surface area (Å²) in [5, 5.41) is 11.1. The molecule has 0 amide bonds. The molecular weight excluding hydrogens is 282 g/mol. The Morgan fingerprint density at radius 3 is 3.06 bits per heavy atom. The Labute approximate surface area is 110 Å². The van der Waals surface area contributed by atoms with Gasteiger partial charge < -0.3 is 0 Å². The summed E-state index contributed by atoms with van der Waals surface area (Å²) in [4.78, 5) is 11.5. The standard InChI is InChI=1S/C8H8ClN5OS2/c9-6-5(10-13-17-6)3-16-8-12-11-7(15)14(8)4-1-2-4/h4H,1-3H2,(H,11,15). The van der Waals surface area contributed by atoms with Gasteiger partial charge in [0.1, 0.15) is 10.0 Å². The quantitative estimate of drug-likeness (QED) is 0.867. The molecule has 1 saturated carbocycles. The van der Waals surface area contributed by atoms with Crippen LogP contribution in [0.3, 0.4) is 0 Å². The largest absolute Gasteiger partial charge is 0.344 e. The van der Waals surface area contributed by atoms with Crippen LogP contribution in [-0.4, -0.2) is 24.4 Å². The molecular formula is C8H8ClN5OS2. The van der Waals surface area contributed by atoms with E-state index in [0.29, 0.717) is 21.3 Å². The first-order valence-corrected chi connectivity index (χ1v) is 7.16. The number of nitrogens with one attached hydrogen (secondary N) is 1. The maximum atomic E-state index is 11.5. The lowest BCUT2D eigenvalue weighted by atomic mass is 10.6. The maximum Gasteiger partial charge on any atom is 0.344 e. The predicted molar refractivity (Wildman–Crippen MR) is 65.6 cm³/mol. The summed E-state index contributed by atoms with van der Waals surface area (Å²) >= 11 is 8.52. The molecule has 2 aromatic rings. The molecule has 1 N–H and O–H groups in total. The van der Waals surface area contributed by atoms with Gasteiger partial charge in [0.05, 0.1) is 0 Å². The predicted octanol–water partition coefficient (Wildman–Crippen LogP) is 1.70. The van der Waals surface area contributed by atoms with Crippen molar-refractivity contribution in [3.63, 3.8) is 0 Å². The average Bonchev–Trinajstić information content (AvgIpc) is 2.96. The zero-order valence-corrected chi connectivity index (χ0v) is 11.0. The molecule has 90 valence electrons. The molecule has 0 atom stereocenters. The van der Waals surface area contributed by atoms with Crippen molar-refractivity contribution in [1.82, 2.24) is 24.4 Å². The van der Waals surface area contributed by atoms with Crippen molar-refractivity contribution in [2.75, 3.05) is 0 Å². The van der Waals surface area contributed by atoms with Crippen LogP contribution in [0.15, 0.2) is 9.95 Å². The van der Waals surface area contributed by atoms with Crippen LogP contribution in [0.4, 0.5) is 0 Å². The van der Waals surface area contributed by atoms with Crippen LogP contribution in [-0.2, 0) is 5.75 Å². The van der Waals surface area contributed by atoms with Crippen molar-refractivity contribution < 1.29 is 0 Å². The van der Waals surface area contributed by atoms with E-state index in [4.69, 9.17) is 11.6 Å². The number of hydrogen-bond acceptors (Lipinski definition) is 6. The lowest BCUT2D eigenvalue weighted by Gasteiger charge is -2.01. The van der Waals surface area contributed by atoms with E-state index in [9.17, 15) is 4.79 Å². The van der Waals surface area contributed by atoms with Crippen LogP contribution in [0.2, 0.25) is 4.34 Å². The van der Waals surface area contributed by atoms with Crippen LogP contribution in [0.5, 0.6) is 0 Å². The summed E-state index contributed by atoms with van der Waals surface area (Å²) in [5.41, 5.74) is 0.594. The number of thioether (sulfide) groups is 1. The van der Waals surface area contributed by atoms with Gasteiger partial charge in [-0.3, -0.25) is 4.57 Å². The molecule has 1 fully saturated rings. The number of halogens is 1. The number of aromatic amines is 1. The molecule has 9 heteroatoms. The molecule has 3 rings (SSSR count). The molecule has 0 radical (unpaired) electrons. The van der Waals surface area contributed by atoms with Crippen molar-refractivity contribution in [1.29, 1.82) is 0 Å².